The Bertz CT molecular complexity index is 429. The van der Waals surface area contributed by atoms with Crippen LogP contribution >= 0.6 is 11.8 Å². The highest BCUT2D eigenvalue weighted by Crippen LogP contribution is 2.23. The first-order valence-electron chi connectivity index (χ1n) is 7.19. The molecule has 0 fully saturated rings. The number of hydrogen-bond donors (Lipinski definition) is 1. The van der Waals surface area contributed by atoms with Gasteiger partial charge in [0, 0.05) is 37.1 Å². The van der Waals surface area contributed by atoms with Crippen molar-refractivity contribution in [1.82, 2.24) is 20.3 Å². The second-order valence-corrected chi connectivity index (χ2v) is 7.74. The van der Waals surface area contributed by atoms with Crippen LogP contribution < -0.4 is 5.32 Å². The van der Waals surface area contributed by atoms with E-state index in [4.69, 9.17) is 4.74 Å². The van der Waals surface area contributed by atoms with Crippen LogP contribution in [-0.4, -0.2) is 45.1 Å². The van der Waals surface area contributed by atoms with E-state index in [1.54, 1.807) is 11.8 Å². The number of nitrogens with zero attached hydrogens (tertiary/aromatic N) is 3. The topological polar surface area (TPSA) is 69.0 Å². The molecule has 0 aliphatic carbocycles. The van der Waals surface area contributed by atoms with Crippen LogP contribution in [0.5, 0.6) is 0 Å². The SMILES string of the molecule is COCc1cn(CCCNC(=O)CCSC(C)(C)C)nn1. The molecule has 0 spiro atoms. The number of hydrogen-bond acceptors (Lipinski definition) is 5. The molecule has 0 saturated carbocycles. The summed E-state index contributed by atoms with van der Waals surface area (Å²) >= 11 is 1.81. The Morgan fingerprint density at radius 1 is 1.48 bits per heavy atom. The average Bonchev–Trinajstić information content (AvgIpc) is 2.81. The first kappa shape index (κ1) is 18.0. The van der Waals surface area contributed by atoms with Crippen LogP contribution in [0.2, 0.25) is 0 Å². The summed E-state index contributed by atoms with van der Waals surface area (Å²) in [6.45, 7) is 8.36. The Kier molecular flexibility index (Phi) is 7.74. The highest BCUT2D eigenvalue weighted by atomic mass is 32.2. The van der Waals surface area contributed by atoms with Crippen molar-refractivity contribution < 1.29 is 9.53 Å². The van der Waals surface area contributed by atoms with Gasteiger partial charge in [0.2, 0.25) is 5.91 Å². The quantitative estimate of drug-likeness (QED) is 0.705. The van der Waals surface area contributed by atoms with Crippen molar-refractivity contribution in [2.45, 2.75) is 51.5 Å². The van der Waals surface area contributed by atoms with Crippen LogP contribution in [0, 0.1) is 0 Å². The van der Waals surface area contributed by atoms with Gasteiger partial charge in [0.25, 0.3) is 0 Å². The van der Waals surface area contributed by atoms with Gasteiger partial charge in [-0.25, -0.2) is 0 Å². The fourth-order valence-corrected chi connectivity index (χ4v) is 2.57. The van der Waals surface area contributed by atoms with Gasteiger partial charge in [0.1, 0.15) is 5.69 Å². The summed E-state index contributed by atoms with van der Waals surface area (Å²) in [4.78, 5) is 11.7. The minimum atomic E-state index is 0.116. The third kappa shape index (κ3) is 8.72. The van der Waals surface area contributed by atoms with Crippen molar-refractivity contribution in [2.75, 3.05) is 19.4 Å². The van der Waals surface area contributed by atoms with Gasteiger partial charge in [-0.3, -0.25) is 9.48 Å². The molecular formula is C14H26N4O2S. The van der Waals surface area contributed by atoms with Crippen molar-refractivity contribution in [2.24, 2.45) is 0 Å². The first-order valence-corrected chi connectivity index (χ1v) is 8.18. The molecule has 1 heterocycles. The van der Waals surface area contributed by atoms with E-state index in [1.165, 1.54) is 0 Å². The maximum atomic E-state index is 11.7. The zero-order valence-electron chi connectivity index (χ0n) is 13.4. The molecule has 120 valence electrons. The van der Waals surface area contributed by atoms with E-state index in [-0.39, 0.29) is 10.7 Å². The molecule has 1 aromatic heterocycles. The summed E-state index contributed by atoms with van der Waals surface area (Å²) in [5, 5.41) is 10.9. The minimum Gasteiger partial charge on any atom is -0.378 e. The normalized spacial score (nSPS) is 11.6. The monoisotopic (exact) mass is 314 g/mol. The zero-order valence-corrected chi connectivity index (χ0v) is 14.2. The maximum Gasteiger partial charge on any atom is 0.220 e. The largest absolute Gasteiger partial charge is 0.378 e. The fourth-order valence-electron chi connectivity index (χ4n) is 1.67. The van der Waals surface area contributed by atoms with E-state index in [0.717, 1.165) is 24.4 Å². The second-order valence-electron chi connectivity index (χ2n) is 5.82. The molecule has 6 nitrogen and oxygen atoms in total. The molecule has 0 aromatic carbocycles. The molecule has 0 aliphatic heterocycles. The number of ether oxygens (including phenoxy) is 1. The third-order valence-electron chi connectivity index (χ3n) is 2.63. The van der Waals surface area contributed by atoms with Gasteiger partial charge in [-0.15, -0.1) is 5.10 Å². The van der Waals surface area contributed by atoms with Crippen LogP contribution in [-0.2, 0) is 22.7 Å². The lowest BCUT2D eigenvalue weighted by Gasteiger charge is -2.16. The number of amides is 1. The number of aromatic nitrogens is 3. The number of methoxy groups -OCH3 is 1. The van der Waals surface area contributed by atoms with Crippen LogP contribution in [0.1, 0.15) is 39.3 Å². The van der Waals surface area contributed by atoms with Crippen molar-refractivity contribution >= 4 is 17.7 Å². The van der Waals surface area contributed by atoms with Crippen LogP contribution in [0.4, 0.5) is 0 Å². The molecule has 0 atom stereocenters. The Morgan fingerprint density at radius 3 is 2.90 bits per heavy atom. The predicted octanol–water partition coefficient (Wildman–Crippen LogP) is 1.85. The lowest BCUT2D eigenvalue weighted by Crippen LogP contribution is -2.26. The Hall–Kier alpha value is -1.08. The number of nitrogens with one attached hydrogen (secondary N) is 1. The summed E-state index contributed by atoms with van der Waals surface area (Å²) in [6, 6.07) is 0. The van der Waals surface area contributed by atoms with Crippen molar-refractivity contribution in [1.29, 1.82) is 0 Å². The molecule has 0 unspecified atom stereocenters. The molecule has 0 aliphatic rings. The Balaban J connectivity index is 2.08. The van der Waals surface area contributed by atoms with Gasteiger partial charge in [0.15, 0.2) is 0 Å². The third-order valence-corrected chi connectivity index (χ3v) is 3.90. The average molecular weight is 314 g/mol. The van der Waals surface area contributed by atoms with E-state index in [9.17, 15) is 4.79 Å². The molecule has 1 N–H and O–H groups in total. The second kappa shape index (κ2) is 9.04. The van der Waals surface area contributed by atoms with E-state index in [2.05, 4.69) is 36.4 Å². The van der Waals surface area contributed by atoms with Gasteiger partial charge in [0.05, 0.1) is 12.8 Å². The molecule has 0 saturated heterocycles. The van der Waals surface area contributed by atoms with E-state index < -0.39 is 0 Å². The summed E-state index contributed by atoms with van der Waals surface area (Å²) in [6.07, 6.45) is 3.28. The summed E-state index contributed by atoms with van der Waals surface area (Å²) in [5.41, 5.74) is 0.820. The molecule has 7 heteroatoms. The molecular weight excluding hydrogens is 288 g/mol. The van der Waals surface area contributed by atoms with Crippen LogP contribution in [0.15, 0.2) is 6.20 Å². The molecule has 21 heavy (non-hydrogen) atoms. The first-order chi connectivity index (χ1) is 9.90. The lowest BCUT2D eigenvalue weighted by molar-refractivity contribution is -0.120. The number of carbonyl (C=O) groups is 1. The molecule has 1 aromatic rings. The number of thioether (sulfide) groups is 1. The molecule has 1 rings (SSSR count). The van der Waals surface area contributed by atoms with Crippen molar-refractivity contribution in [3.8, 4) is 0 Å². The van der Waals surface area contributed by atoms with Gasteiger partial charge in [-0.1, -0.05) is 26.0 Å². The maximum absolute atomic E-state index is 11.7. The number of carbonyl (C=O) groups excluding carboxylic acids is 1. The zero-order chi connectivity index (χ0) is 15.7. The van der Waals surface area contributed by atoms with E-state index in [0.29, 0.717) is 19.6 Å². The molecule has 0 radical (unpaired) electrons. The van der Waals surface area contributed by atoms with Crippen LogP contribution in [0.25, 0.3) is 0 Å². The summed E-state index contributed by atoms with van der Waals surface area (Å²) < 4.78 is 6.97. The predicted molar refractivity (Wildman–Crippen MR) is 85.2 cm³/mol. The van der Waals surface area contributed by atoms with E-state index >= 15 is 0 Å². The van der Waals surface area contributed by atoms with Crippen LogP contribution in [0.3, 0.4) is 0 Å². The lowest BCUT2D eigenvalue weighted by atomic mass is 10.3. The smallest absolute Gasteiger partial charge is 0.220 e. The van der Waals surface area contributed by atoms with Crippen molar-refractivity contribution in [3.63, 3.8) is 0 Å². The highest BCUT2D eigenvalue weighted by Gasteiger charge is 2.11. The van der Waals surface area contributed by atoms with Gasteiger partial charge in [-0.2, -0.15) is 11.8 Å². The standard InChI is InChI=1S/C14H26N4O2S/c1-14(2,3)21-9-6-13(19)15-7-5-8-18-10-12(11-20-4)16-17-18/h10H,5-9,11H2,1-4H3,(H,15,19). The van der Waals surface area contributed by atoms with Gasteiger partial charge < -0.3 is 10.1 Å². The number of rotatable bonds is 9. The Labute approximate surface area is 131 Å². The fraction of sp³-hybridized carbons (Fsp3) is 0.786. The summed E-state index contributed by atoms with van der Waals surface area (Å²) in [5.74, 6) is 0.976. The minimum absolute atomic E-state index is 0.116. The van der Waals surface area contributed by atoms with Gasteiger partial charge >= 0.3 is 0 Å². The molecule has 1 amide bonds. The number of aryl methyl sites for hydroxylation is 1. The van der Waals surface area contributed by atoms with Gasteiger partial charge in [-0.05, 0) is 6.42 Å². The summed E-state index contributed by atoms with van der Waals surface area (Å²) in [7, 11) is 1.63. The highest BCUT2D eigenvalue weighted by molar-refractivity contribution is 8.00. The Morgan fingerprint density at radius 2 is 2.24 bits per heavy atom. The van der Waals surface area contributed by atoms with E-state index in [1.807, 2.05) is 18.0 Å². The molecule has 0 bridgehead atoms. The van der Waals surface area contributed by atoms with Crippen molar-refractivity contribution in [3.05, 3.63) is 11.9 Å².